The minimum atomic E-state index is -1.27. The Bertz CT molecular complexity index is 835. The summed E-state index contributed by atoms with van der Waals surface area (Å²) >= 11 is 1.28. The molecule has 0 bridgehead atoms. The minimum Gasteiger partial charge on any atom is -0.462 e. The molecule has 1 unspecified atom stereocenters. The molecule has 1 aliphatic rings. The van der Waals surface area contributed by atoms with Crippen molar-refractivity contribution in [1.29, 1.82) is 0 Å². The molecule has 2 aromatic rings. The van der Waals surface area contributed by atoms with Crippen LogP contribution in [0, 0.1) is 11.8 Å². The molecule has 2 aromatic heterocycles. The minimum absolute atomic E-state index is 0.0354. The maximum atomic E-state index is 13.3. The summed E-state index contributed by atoms with van der Waals surface area (Å²) in [6.07, 6.45) is 0. The number of ether oxygens (including phenoxy) is 1. The van der Waals surface area contributed by atoms with Crippen molar-refractivity contribution in [3.05, 3.63) is 33.6 Å². The van der Waals surface area contributed by atoms with Gasteiger partial charge in [0.05, 0.1) is 22.4 Å². The van der Waals surface area contributed by atoms with Gasteiger partial charge in [-0.25, -0.2) is 9.18 Å². The number of halogens is 2. The predicted octanol–water partition coefficient (Wildman–Crippen LogP) is 2.48. The fraction of sp³-hybridized carbons (Fsp3) is 0.308. The van der Waals surface area contributed by atoms with Gasteiger partial charge in [-0.05, 0) is 19.9 Å². The normalized spacial score (nSPS) is 16.5. The summed E-state index contributed by atoms with van der Waals surface area (Å²) in [6, 6.07) is 0.770. The third-order valence-corrected chi connectivity index (χ3v) is 4.35. The lowest BCUT2D eigenvalue weighted by Crippen LogP contribution is -2.29. The molecule has 0 amide bonds. The van der Waals surface area contributed by atoms with E-state index in [0.717, 1.165) is 6.07 Å². The van der Waals surface area contributed by atoms with Gasteiger partial charge in [-0.2, -0.15) is 9.37 Å². The highest BCUT2D eigenvalue weighted by atomic mass is 32.2. The summed E-state index contributed by atoms with van der Waals surface area (Å²) in [4.78, 5) is 27.8. The lowest BCUT2D eigenvalue weighted by Gasteiger charge is -2.32. The van der Waals surface area contributed by atoms with Crippen molar-refractivity contribution in [2.75, 3.05) is 6.61 Å². The molecule has 0 aromatic carbocycles. The first kappa shape index (κ1) is 14.0. The molecule has 21 heavy (non-hydrogen) atoms. The van der Waals surface area contributed by atoms with Crippen LogP contribution in [-0.2, 0) is 4.74 Å². The predicted molar refractivity (Wildman–Crippen MR) is 72.4 cm³/mol. The molecule has 0 saturated carbocycles. The molecule has 0 aliphatic carbocycles. The van der Waals surface area contributed by atoms with E-state index in [4.69, 9.17) is 4.74 Å². The van der Waals surface area contributed by atoms with Crippen LogP contribution in [0.5, 0.6) is 0 Å². The molecular formula is C13H10F2N2O3S. The molecule has 1 atom stereocenters. The van der Waals surface area contributed by atoms with Crippen molar-refractivity contribution in [1.82, 2.24) is 9.55 Å². The zero-order chi connectivity index (χ0) is 15.3. The van der Waals surface area contributed by atoms with Gasteiger partial charge in [0.25, 0.3) is 5.95 Å². The Morgan fingerprint density at radius 3 is 2.86 bits per heavy atom. The smallest absolute Gasteiger partial charge is 0.344 e. The van der Waals surface area contributed by atoms with E-state index in [2.05, 4.69) is 4.98 Å². The van der Waals surface area contributed by atoms with Gasteiger partial charge >= 0.3 is 5.97 Å². The van der Waals surface area contributed by atoms with Crippen LogP contribution < -0.4 is 5.43 Å². The van der Waals surface area contributed by atoms with Crippen molar-refractivity contribution in [3.63, 3.8) is 0 Å². The fourth-order valence-corrected chi connectivity index (χ4v) is 3.38. The zero-order valence-corrected chi connectivity index (χ0v) is 12.0. The largest absolute Gasteiger partial charge is 0.462 e. The maximum absolute atomic E-state index is 13.3. The van der Waals surface area contributed by atoms with Gasteiger partial charge in [-0.3, -0.25) is 4.79 Å². The zero-order valence-electron chi connectivity index (χ0n) is 11.1. The first-order chi connectivity index (χ1) is 9.95. The van der Waals surface area contributed by atoms with Crippen LogP contribution >= 0.6 is 11.8 Å². The topological polar surface area (TPSA) is 61.2 Å². The molecule has 0 N–H and O–H groups in total. The Morgan fingerprint density at radius 1 is 1.52 bits per heavy atom. The van der Waals surface area contributed by atoms with Crippen molar-refractivity contribution in [2.24, 2.45) is 0 Å². The Kier molecular flexibility index (Phi) is 3.20. The van der Waals surface area contributed by atoms with E-state index in [1.54, 1.807) is 13.8 Å². The molecule has 110 valence electrons. The number of aromatic nitrogens is 2. The number of thioether (sulfide) groups is 1. The molecule has 0 spiro atoms. The van der Waals surface area contributed by atoms with Crippen molar-refractivity contribution >= 4 is 28.8 Å². The van der Waals surface area contributed by atoms with Crippen LogP contribution in [0.15, 0.2) is 15.9 Å². The van der Waals surface area contributed by atoms with Gasteiger partial charge in [0.2, 0.25) is 5.43 Å². The molecular weight excluding hydrogens is 302 g/mol. The number of carbonyl (C=O) groups excluding carboxylic acids is 1. The number of esters is 1. The fourth-order valence-electron chi connectivity index (χ4n) is 2.26. The van der Waals surface area contributed by atoms with Crippen LogP contribution in [0.4, 0.5) is 8.78 Å². The van der Waals surface area contributed by atoms with Crippen molar-refractivity contribution in [3.8, 4) is 0 Å². The van der Waals surface area contributed by atoms with Crippen LogP contribution in [0.1, 0.15) is 29.6 Å². The molecule has 1 aliphatic heterocycles. The van der Waals surface area contributed by atoms with Crippen molar-refractivity contribution in [2.45, 2.75) is 24.2 Å². The summed E-state index contributed by atoms with van der Waals surface area (Å²) in [5, 5.41) is 0.110. The number of rotatable bonds is 2. The highest BCUT2D eigenvalue weighted by Crippen LogP contribution is 2.45. The van der Waals surface area contributed by atoms with Gasteiger partial charge in [0.15, 0.2) is 5.82 Å². The summed E-state index contributed by atoms with van der Waals surface area (Å²) in [5.41, 5.74) is -0.811. The average molecular weight is 312 g/mol. The Labute approximate surface area is 121 Å². The number of hydrogen-bond donors (Lipinski definition) is 0. The number of carbonyl (C=O) groups is 1. The summed E-state index contributed by atoms with van der Waals surface area (Å²) in [6.45, 7) is 3.54. The highest BCUT2D eigenvalue weighted by Gasteiger charge is 2.34. The van der Waals surface area contributed by atoms with E-state index in [-0.39, 0.29) is 28.6 Å². The second-order valence-corrected chi connectivity index (χ2v) is 5.75. The summed E-state index contributed by atoms with van der Waals surface area (Å²) in [7, 11) is 0. The second kappa shape index (κ2) is 4.80. The van der Waals surface area contributed by atoms with Gasteiger partial charge in [0.1, 0.15) is 11.2 Å². The van der Waals surface area contributed by atoms with Crippen LogP contribution in [-0.4, -0.2) is 22.1 Å². The van der Waals surface area contributed by atoms with E-state index in [1.807, 2.05) is 0 Å². The number of fused-ring (bicyclic) bond motifs is 3. The molecule has 8 heteroatoms. The van der Waals surface area contributed by atoms with E-state index in [1.165, 1.54) is 16.3 Å². The molecule has 0 saturated heterocycles. The van der Waals surface area contributed by atoms with Crippen LogP contribution in [0.25, 0.3) is 11.0 Å². The van der Waals surface area contributed by atoms with E-state index < -0.39 is 23.2 Å². The Hall–Kier alpha value is -1.96. The molecule has 0 radical (unpaired) electrons. The molecule has 3 heterocycles. The lowest BCUT2D eigenvalue weighted by atomic mass is 10.2. The Morgan fingerprint density at radius 2 is 2.24 bits per heavy atom. The quantitative estimate of drug-likeness (QED) is 0.630. The lowest BCUT2D eigenvalue weighted by molar-refractivity contribution is 0.0518. The third-order valence-electron chi connectivity index (χ3n) is 3.17. The monoisotopic (exact) mass is 312 g/mol. The summed E-state index contributed by atoms with van der Waals surface area (Å²) < 4.78 is 33.1. The van der Waals surface area contributed by atoms with Crippen molar-refractivity contribution < 1.29 is 18.3 Å². The molecule has 0 fully saturated rings. The Balaban J connectivity index is 2.39. The first-order valence-corrected chi connectivity index (χ1v) is 7.11. The third kappa shape index (κ3) is 1.93. The number of hydrogen-bond acceptors (Lipinski definition) is 5. The molecule has 5 nitrogen and oxygen atoms in total. The van der Waals surface area contributed by atoms with Gasteiger partial charge in [-0.1, -0.05) is 11.8 Å². The maximum Gasteiger partial charge on any atom is 0.344 e. The second-order valence-electron chi connectivity index (χ2n) is 4.45. The first-order valence-electron chi connectivity index (χ1n) is 6.23. The van der Waals surface area contributed by atoms with E-state index in [9.17, 15) is 18.4 Å². The number of pyridine rings is 2. The summed E-state index contributed by atoms with van der Waals surface area (Å²) in [5.74, 6) is -3.27. The average Bonchev–Trinajstić information content (AvgIpc) is 2.41. The molecule has 3 rings (SSSR count). The highest BCUT2D eigenvalue weighted by molar-refractivity contribution is 8.00. The van der Waals surface area contributed by atoms with Crippen LogP contribution in [0.2, 0.25) is 0 Å². The van der Waals surface area contributed by atoms with E-state index >= 15 is 0 Å². The van der Waals surface area contributed by atoms with Gasteiger partial charge in [-0.15, -0.1) is 0 Å². The standard InChI is InChI=1S/C13H10F2N2O3S/c1-3-20-13(19)8-9(18)6-4-7(14)10(15)16-11(6)17-5(2)21-12(8)17/h4-5H,3H2,1-2H3. The SMILES string of the molecule is CCOC(=O)c1c2n(c3nc(F)c(F)cc3c1=O)C(C)S2. The van der Waals surface area contributed by atoms with Gasteiger partial charge in [0, 0.05) is 0 Å². The van der Waals surface area contributed by atoms with E-state index in [0.29, 0.717) is 5.03 Å². The van der Waals surface area contributed by atoms with Gasteiger partial charge < -0.3 is 9.30 Å². The number of nitrogens with zero attached hydrogens (tertiary/aromatic N) is 2. The van der Waals surface area contributed by atoms with Crippen LogP contribution in [0.3, 0.4) is 0 Å².